The predicted octanol–water partition coefficient (Wildman–Crippen LogP) is 5.31. The fraction of sp³-hybridized carbons (Fsp3) is 0.250. The van der Waals surface area contributed by atoms with Crippen molar-refractivity contribution >= 4 is 0 Å². The van der Waals surface area contributed by atoms with E-state index in [1.54, 1.807) is 0 Å². The van der Waals surface area contributed by atoms with Crippen molar-refractivity contribution in [1.29, 1.82) is 0 Å². The number of aromatic nitrogens is 1. The lowest BCUT2D eigenvalue weighted by atomic mass is 9.72. The number of halogens is 2. The summed E-state index contributed by atoms with van der Waals surface area (Å²) < 4.78 is 27.3. The number of hydrogen-bond donors (Lipinski definition) is 0. The third-order valence-corrected chi connectivity index (χ3v) is 4.37. The average Bonchev–Trinajstić information content (AvgIpc) is 2.56. The van der Waals surface area contributed by atoms with Crippen molar-refractivity contribution in [2.24, 2.45) is 0 Å². The minimum absolute atomic E-state index is 0.178. The summed E-state index contributed by atoms with van der Waals surface area (Å²) in [6.07, 6.45) is 9.90. The Kier molecular flexibility index (Phi) is 4.37. The minimum Gasteiger partial charge on any atom is -0.190 e. The fourth-order valence-corrected chi connectivity index (χ4v) is 3.22. The van der Waals surface area contributed by atoms with E-state index in [0.29, 0.717) is 5.56 Å². The van der Waals surface area contributed by atoms with Gasteiger partial charge in [0.05, 0.1) is 0 Å². The molecule has 1 aromatic heterocycles. The van der Waals surface area contributed by atoms with E-state index in [2.05, 4.69) is 36.2 Å². The second-order valence-electron chi connectivity index (χ2n) is 5.92. The smallest absolute Gasteiger partial charge is 0.190 e. The molecule has 0 saturated heterocycles. The summed E-state index contributed by atoms with van der Waals surface area (Å²) in [6, 6.07) is 12.9. The van der Waals surface area contributed by atoms with Crippen LogP contribution in [0, 0.1) is 11.9 Å². The van der Waals surface area contributed by atoms with Crippen molar-refractivity contribution in [3.05, 3.63) is 89.8 Å². The van der Waals surface area contributed by atoms with Gasteiger partial charge in [-0.05, 0) is 24.1 Å². The molecule has 1 aliphatic rings. The van der Waals surface area contributed by atoms with E-state index < -0.39 is 17.3 Å². The molecule has 3 rings (SSSR count). The summed E-state index contributed by atoms with van der Waals surface area (Å²) in [5, 5.41) is 0. The lowest BCUT2D eigenvalue weighted by Crippen LogP contribution is -2.25. The second-order valence-corrected chi connectivity index (χ2v) is 5.92. The van der Waals surface area contributed by atoms with Gasteiger partial charge >= 0.3 is 0 Å². The van der Waals surface area contributed by atoms with Crippen LogP contribution in [-0.2, 0) is 5.41 Å². The van der Waals surface area contributed by atoms with E-state index in [4.69, 9.17) is 0 Å². The SMILES string of the molecule is CCCC1(c2ccc(F)nc2F)C=CC(c2ccccc2)C=C1. The molecule has 1 aliphatic carbocycles. The largest absolute Gasteiger partial charge is 0.219 e. The van der Waals surface area contributed by atoms with Gasteiger partial charge < -0.3 is 0 Å². The predicted molar refractivity (Wildman–Crippen MR) is 88.2 cm³/mol. The van der Waals surface area contributed by atoms with Crippen molar-refractivity contribution in [3.63, 3.8) is 0 Å². The van der Waals surface area contributed by atoms with E-state index in [-0.39, 0.29) is 5.92 Å². The Morgan fingerprint density at radius 3 is 2.30 bits per heavy atom. The molecule has 0 aliphatic heterocycles. The van der Waals surface area contributed by atoms with Gasteiger partial charge in [0.1, 0.15) is 0 Å². The molecule has 3 heteroatoms. The van der Waals surface area contributed by atoms with Crippen LogP contribution in [0.4, 0.5) is 8.78 Å². The molecule has 0 spiro atoms. The van der Waals surface area contributed by atoms with Crippen LogP contribution >= 0.6 is 0 Å². The highest BCUT2D eigenvalue weighted by atomic mass is 19.1. The first kappa shape index (κ1) is 15.6. The van der Waals surface area contributed by atoms with Crippen molar-refractivity contribution in [1.82, 2.24) is 4.98 Å². The van der Waals surface area contributed by atoms with E-state index in [1.165, 1.54) is 17.7 Å². The highest BCUT2D eigenvalue weighted by molar-refractivity contribution is 5.43. The Hall–Kier alpha value is -2.29. The van der Waals surface area contributed by atoms with Gasteiger partial charge in [-0.1, -0.05) is 68.0 Å². The maximum Gasteiger partial charge on any atom is 0.219 e. The van der Waals surface area contributed by atoms with Gasteiger partial charge in [-0.15, -0.1) is 0 Å². The molecule has 0 N–H and O–H groups in total. The lowest BCUT2D eigenvalue weighted by molar-refractivity contribution is 0.471. The second kappa shape index (κ2) is 6.45. The maximum atomic E-state index is 14.2. The summed E-state index contributed by atoms with van der Waals surface area (Å²) in [5.74, 6) is -1.34. The van der Waals surface area contributed by atoms with Crippen LogP contribution in [0.5, 0.6) is 0 Å². The van der Waals surface area contributed by atoms with Crippen LogP contribution in [0.25, 0.3) is 0 Å². The zero-order chi connectivity index (χ0) is 16.3. The normalized spacial score (nSPS) is 23.2. The summed E-state index contributed by atoms with van der Waals surface area (Å²) in [6.45, 7) is 2.06. The topological polar surface area (TPSA) is 12.9 Å². The summed E-state index contributed by atoms with van der Waals surface area (Å²) >= 11 is 0. The van der Waals surface area contributed by atoms with Gasteiger partial charge in [-0.3, -0.25) is 0 Å². The fourth-order valence-electron chi connectivity index (χ4n) is 3.22. The van der Waals surface area contributed by atoms with Gasteiger partial charge in [0, 0.05) is 16.9 Å². The van der Waals surface area contributed by atoms with Gasteiger partial charge in [-0.2, -0.15) is 13.8 Å². The first-order chi connectivity index (χ1) is 11.1. The number of hydrogen-bond acceptors (Lipinski definition) is 1. The number of benzene rings is 1. The molecule has 1 heterocycles. The Morgan fingerprint density at radius 1 is 1.00 bits per heavy atom. The van der Waals surface area contributed by atoms with Crippen molar-refractivity contribution in [2.75, 3.05) is 0 Å². The summed E-state index contributed by atoms with van der Waals surface area (Å²) in [7, 11) is 0. The van der Waals surface area contributed by atoms with Crippen LogP contribution in [0.1, 0.15) is 36.8 Å². The van der Waals surface area contributed by atoms with E-state index >= 15 is 0 Å². The molecule has 0 amide bonds. The highest BCUT2D eigenvalue weighted by Gasteiger charge is 2.32. The molecule has 0 saturated carbocycles. The third kappa shape index (κ3) is 3.09. The van der Waals surface area contributed by atoms with E-state index in [9.17, 15) is 8.78 Å². The molecule has 118 valence electrons. The van der Waals surface area contributed by atoms with Gasteiger partial charge in [0.2, 0.25) is 11.9 Å². The molecule has 0 bridgehead atoms. The first-order valence-electron chi connectivity index (χ1n) is 7.91. The van der Waals surface area contributed by atoms with Crippen LogP contribution in [0.15, 0.2) is 66.8 Å². The average molecular weight is 311 g/mol. The molecule has 1 aromatic carbocycles. The van der Waals surface area contributed by atoms with Crippen LogP contribution in [-0.4, -0.2) is 4.98 Å². The Balaban J connectivity index is 1.97. The maximum absolute atomic E-state index is 14.2. The summed E-state index contributed by atoms with van der Waals surface area (Å²) in [4.78, 5) is 3.35. The molecule has 0 fully saturated rings. The zero-order valence-corrected chi connectivity index (χ0v) is 13.0. The molecule has 23 heavy (non-hydrogen) atoms. The van der Waals surface area contributed by atoms with Crippen molar-refractivity contribution in [2.45, 2.75) is 31.1 Å². The monoisotopic (exact) mass is 311 g/mol. The molecule has 0 atom stereocenters. The van der Waals surface area contributed by atoms with Crippen LogP contribution < -0.4 is 0 Å². The number of rotatable bonds is 4. The third-order valence-electron chi connectivity index (χ3n) is 4.37. The van der Waals surface area contributed by atoms with E-state index in [0.717, 1.165) is 12.8 Å². The van der Waals surface area contributed by atoms with Crippen LogP contribution in [0.3, 0.4) is 0 Å². The van der Waals surface area contributed by atoms with Gasteiger partial charge in [-0.25, -0.2) is 0 Å². The summed E-state index contributed by atoms with van der Waals surface area (Å²) in [5.41, 5.74) is 1.08. The molecular weight excluding hydrogens is 292 g/mol. The number of pyridine rings is 1. The Bertz CT molecular complexity index is 721. The van der Waals surface area contributed by atoms with Gasteiger partial charge in [0.25, 0.3) is 0 Å². The molecule has 0 radical (unpaired) electrons. The van der Waals surface area contributed by atoms with Crippen molar-refractivity contribution < 1.29 is 8.78 Å². The lowest BCUT2D eigenvalue weighted by Gasteiger charge is -2.31. The minimum atomic E-state index is -0.788. The van der Waals surface area contributed by atoms with Gasteiger partial charge in [0.15, 0.2) is 0 Å². The number of allylic oxidation sites excluding steroid dienone is 4. The van der Waals surface area contributed by atoms with Crippen LogP contribution in [0.2, 0.25) is 0 Å². The van der Waals surface area contributed by atoms with E-state index in [1.807, 2.05) is 30.4 Å². The zero-order valence-electron chi connectivity index (χ0n) is 13.0. The van der Waals surface area contributed by atoms with Crippen molar-refractivity contribution in [3.8, 4) is 0 Å². The highest BCUT2D eigenvalue weighted by Crippen LogP contribution is 2.39. The number of nitrogens with zero attached hydrogens (tertiary/aromatic N) is 1. The molecule has 2 aromatic rings. The standard InChI is InChI=1S/C20H19F2N/c1-2-12-20(17-8-9-18(21)23-19(17)22)13-10-16(11-14-20)15-6-4-3-5-7-15/h3-11,13-14,16H,2,12H2,1H3. The Labute approximate surface area is 135 Å². The molecule has 1 nitrogen and oxygen atoms in total. The Morgan fingerprint density at radius 2 is 1.70 bits per heavy atom. The molecular formula is C20H19F2N. The molecule has 0 unspecified atom stereocenters. The first-order valence-corrected chi connectivity index (χ1v) is 7.91. The quantitative estimate of drug-likeness (QED) is 0.551.